The Bertz CT molecular complexity index is 792. The van der Waals surface area contributed by atoms with Crippen molar-refractivity contribution in [2.24, 2.45) is 0 Å². The highest BCUT2D eigenvalue weighted by atomic mass is 32.1. The SMILES string of the molecule is Cc1sc2nc(CN(C)[C@@H](C)c3cccs3)nc(N)c2c1C. The van der Waals surface area contributed by atoms with Gasteiger partial charge in [0.1, 0.15) is 16.5 Å². The summed E-state index contributed by atoms with van der Waals surface area (Å²) in [6, 6.07) is 4.59. The topological polar surface area (TPSA) is 55.0 Å². The molecule has 4 nitrogen and oxygen atoms in total. The van der Waals surface area contributed by atoms with Crippen molar-refractivity contribution in [1.29, 1.82) is 0 Å². The highest BCUT2D eigenvalue weighted by Gasteiger charge is 2.17. The monoisotopic (exact) mass is 332 g/mol. The van der Waals surface area contributed by atoms with Crippen LogP contribution in [0.5, 0.6) is 0 Å². The summed E-state index contributed by atoms with van der Waals surface area (Å²) in [5.41, 5.74) is 7.36. The molecule has 3 aromatic heterocycles. The highest BCUT2D eigenvalue weighted by molar-refractivity contribution is 7.18. The number of nitrogens with two attached hydrogens (primary N) is 1. The smallest absolute Gasteiger partial charge is 0.146 e. The van der Waals surface area contributed by atoms with Crippen LogP contribution in [-0.2, 0) is 6.54 Å². The summed E-state index contributed by atoms with van der Waals surface area (Å²) in [5.74, 6) is 1.39. The Hall–Kier alpha value is -1.50. The lowest BCUT2D eigenvalue weighted by atomic mass is 10.2. The first-order chi connectivity index (χ1) is 10.5. The number of hydrogen-bond acceptors (Lipinski definition) is 6. The van der Waals surface area contributed by atoms with Gasteiger partial charge in [-0.05, 0) is 44.8 Å². The quantitative estimate of drug-likeness (QED) is 0.780. The summed E-state index contributed by atoms with van der Waals surface area (Å²) in [7, 11) is 2.10. The molecule has 1 atom stereocenters. The molecule has 0 spiro atoms. The lowest BCUT2D eigenvalue weighted by molar-refractivity contribution is 0.250. The van der Waals surface area contributed by atoms with E-state index in [1.54, 1.807) is 22.7 Å². The minimum atomic E-state index is 0.340. The van der Waals surface area contributed by atoms with Gasteiger partial charge >= 0.3 is 0 Å². The van der Waals surface area contributed by atoms with E-state index in [-0.39, 0.29) is 0 Å². The van der Waals surface area contributed by atoms with Crippen LogP contribution in [0, 0.1) is 13.8 Å². The zero-order valence-corrected chi connectivity index (χ0v) is 14.9. The van der Waals surface area contributed by atoms with E-state index in [1.165, 1.54) is 15.3 Å². The van der Waals surface area contributed by atoms with Crippen molar-refractivity contribution in [1.82, 2.24) is 14.9 Å². The van der Waals surface area contributed by atoms with Crippen molar-refractivity contribution in [3.63, 3.8) is 0 Å². The van der Waals surface area contributed by atoms with E-state index in [0.717, 1.165) is 16.0 Å². The average Bonchev–Trinajstić information content (AvgIpc) is 3.07. The van der Waals surface area contributed by atoms with E-state index in [9.17, 15) is 0 Å². The van der Waals surface area contributed by atoms with Gasteiger partial charge in [0.2, 0.25) is 0 Å². The minimum Gasteiger partial charge on any atom is -0.383 e. The van der Waals surface area contributed by atoms with Gasteiger partial charge in [-0.25, -0.2) is 9.97 Å². The fourth-order valence-electron chi connectivity index (χ4n) is 2.50. The molecule has 116 valence electrons. The molecule has 0 aliphatic carbocycles. The Morgan fingerprint density at radius 3 is 2.77 bits per heavy atom. The third kappa shape index (κ3) is 2.74. The summed E-state index contributed by atoms with van der Waals surface area (Å²) in [6.45, 7) is 7.08. The molecule has 0 bridgehead atoms. The van der Waals surface area contributed by atoms with Crippen LogP contribution in [-0.4, -0.2) is 21.9 Å². The zero-order valence-electron chi connectivity index (χ0n) is 13.3. The number of aromatic nitrogens is 2. The summed E-state index contributed by atoms with van der Waals surface area (Å²) < 4.78 is 0. The molecule has 0 aliphatic rings. The van der Waals surface area contributed by atoms with Crippen LogP contribution in [0.4, 0.5) is 5.82 Å². The van der Waals surface area contributed by atoms with Crippen LogP contribution in [0.1, 0.15) is 34.1 Å². The van der Waals surface area contributed by atoms with Gasteiger partial charge < -0.3 is 5.73 Å². The molecule has 0 aromatic carbocycles. The van der Waals surface area contributed by atoms with Gasteiger partial charge in [0.15, 0.2) is 0 Å². The van der Waals surface area contributed by atoms with E-state index in [0.29, 0.717) is 18.4 Å². The van der Waals surface area contributed by atoms with Crippen molar-refractivity contribution < 1.29 is 0 Å². The largest absolute Gasteiger partial charge is 0.383 e. The molecule has 2 N–H and O–H groups in total. The maximum absolute atomic E-state index is 6.16. The summed E-state index contributed by atoms with van der Waals surface area (Å²) in [4.78, 5) is 15.1. The molecule has 3 aromatic rings. The first-order valence-corrected chi connectivity index (χ1v) is 8.92. The standard InChI is InChI=1S/C16H20N4S2/c1-9-11(3)22-16-14(9)15(17)18-13(19-16)8-20(4)10(2)12-6-5-7-21-12/h5-7,10H,8H2,1-4H3,(H2,17,18,19)/t10-/m0/s1. The van der Waals surface area contributed by atoms with Crippen LogP contribution >= 0.6 is 22.7 Å². The number of rotatable bonds is 4. The van der Waals surface area contributed by atoms with E-state index >= 15 is 0 Å². The van der Waals surface area contributed by atoms with Gasteiger partial charge in [-0.15, -0.1) is 22.7 Å². The number of fused-ring (bicyclic) bond motifs is 1. The maximum atomic E-state index is 6.16. The molecule has 0 aliphatic heterocycles. The molecular weight excluding hydrogens is 312 g/mol. The van der Waals surface area contributed by atoms with Crippen molar-refractivity contribution in [3.8, 4) is 0 Å². The molecule has 0 fully saturated rings. The number of aryl methyl sites for hydroxylation is 2. The molecular formula is C16H20N4S2. The lowest BCUT2D eigenvalue weighted by Gasteiger charge is -2.23. The molecule has 0 amide bonds. The first-order valence-electron chi connectivity index (χ1n) is 7.23. The second-order valence-corrected chi connectivity index (χ2v) is 7.78. The summed E-state index contributed by atoms with van der Waals surface area (Å²) in [6.07, 6.45) is 0. The second kappa shape index (κ2) is 5.95. The Morgan fingerprint density at radius 1 is 1.32 bits per heavy atom. The Balaban J connectivity index is 1.88. The lowest BCUT2D eigenvalue weighted by Crippen LogP contribution is -2.22. The minimum absolute atomic E-state index is 0.340. The van der Waals surface area contributed by atoms with Gasteiger partial charge in [-0.1, -0.05) is 6.07 Å². The molecule has 0 unspecified atom stereocenters. The van der Waals surface area contributed by atoms with Gasteiger partial charge in [-0.3, -0.25) is 4.90 Å². The number of nitrogen functional groups attached to an aromatic ring is 1. The van der Waals surface area contributed by atoms with Gasteiger partial charge in [0.05, 0.1) is 11.9 Å². The van der Waals surface area contributed by atoms with Gasteiger partial charge in [0.25, 0.3) is 0 Å². The summed E-state index contributed by atoms with van der Waals surface area (Å²) in [5, 5.41) is 3.12. The van der Waals surface area contributed by atoms with E-state index in [1.807, 2.05) is 0 Å². The predicted molar refractivity (Wildman–Crippen MR) is 95.5 cm³/mol. The predicted octanol–water partition coefficient (Wildman–Crippen LogP) is 4.14. The number of thiophene rings is 2. The molecule has 22 heavy (non-hydrogen) atoms. The molecule has 0 radical (unpaired) electrons. The van der Waals surface area contributed by atoms with Crippen molar-refractivity contribution in [2.45, 2.75) is 33.4 Å². The van der Waals surface area contributed by atoms with Crippen molar-refractivity contribution in [3.05, 3.63) is 38.7 Å². The van der Waals surface area contributed by atoms with Crippen LogP contribution in [0.25, 0.3) is 10.2 Å². The average molecular weight is 332 g/mol. The number of nitrogens with zero attached hydrogens (tertiary/aromatic N) is 3. The third-order valence-electron chi connectivity index (χ3n) is 4.11. The fraction of sp³-hybridized carbons (Fsp3) is 0.375. The highest BCUT2D eigenvalue weighted by Crippen LogP contribution is 2.32. The van der Waals surface area contributed by atoms with Gasteiger partial charge in [0, 0.05) is 15.8 Å². The van der Waals surface area contributed by atoms with Crippen LogP contribution in [0.15, 0.2) is 17.5 Å². The normalized spacial score (nSPS) is 13.1. The fourth-order valence-corrected chi connectivity index (χ4v) is 4.41. The maximum Gasteiger partial charge on any atom is 0.146 e. The van der Waals surface area contributed by atoms with Crippen molar-refractivity contribution >= 4 is 38.7 Å². The molecule has 0 saturated carbocycles. The Labute approximate surface area is 138 Å². The van der Waals surface area contributed by atoms with Crippen LogP contribution < -0.4 is 5.73 Å². The molecule has 0 saturated heterocycles. The zero-order chi connectivity index (χ0) is 15.9. The Kier molecular flexibility index (Phi) is 4.16. The number of hydrogen-bond donors (Lipinski definition) is 1. The van der Waals surface area contributed by atoms with E-state index in [4.69, 9.17) is 10.7 Å². The van der Waals surface area contributed by atoms with Crippen LogP contribution in [0.3, 0.4) is 0 Å². The molecule has 6 heteroatoms. The second-order valence-electron chi connectivity index (χ2n) is 5.59. The Morgan fingerprint density at radius 2 is 2.09 bits per heavy atom. The first kappa shape index (κ1) is 15.4. The number of anilines is 1. The van der Waals surface area contributed by atoms with Gasteiger partial charge in [-0.2, -0.15) is 0 Å². The third-order valence-corrected chi connectivity index (χ3v) is 6.25. The van der Waals surface area contributed by atoms with Crippen molar-refractivity contribution in [2.75, 3.05) is 12.8 Å². The molecule has 3 rings (SSSR count). The van der Waals surface area contributed by atoms with E-state index in [2.05, 4.69) is 55.2 Å². The van der Waals surface area contributed by atoms with Crippen LogP contribution in [0.2, 0.25) is 0 Å². The molecule has 3 heterocycles. The van der Waals surface area contributed by atoms with E-state index < -0.39 is 0 Å². The summed E-state index contributed by atoms with van der Waals surface area (Å²) >= 11 is 3.47.